The topological polar surface area (TPSA) is 66.0 Å². The number of carboxylic acid groups (broad SMARTS) is 1. The number of hydrogen-bond donors (Lipinski definition) is 1. The third kappa shape index (κ3) is 3.65. The van der Waals surface area contributed by atoms with Gasteiger partial charge in [0.15, 0.2) is 0 Å². The average Bonchev–Trinajstić information content (AvgIpc) is 2.94. The molecule has 1 heterocycles. The normalized spacial score (nSPS) is 11.3. The van der Waals surface area contributed by atoms with Crippen molar-refractivity contribution < 1.29 is 14.3 Å². The lowest BCUT2D eigenvalue weighted by atomic mass is 10.0. The maximum Gasteiger partial charge on any atom is 0.335 e. The van der Waals surface area contributed by atoms with Crippen LogP contribution in [0.15, 0.2) is 54.6 Å². The molecule has 134 valence electrons. The van der Waals surface area contributed by atoms with Crippen molar-refractivity contribution in [2.45, 2.75) is 13.8 Å². The Bertz CT molecular complexity index is 1070. The number of aryl methyl sites for hydroxylation is 1. The van der Waals surface area contributed by atoms with Crippen LogP contribution in [0.3, 0.4) is 0 Å². The Hall–Kier alpha value is -3.65. The van der Waals surface area contributed by atoms with Crippen LogP contribution in [0.4, 0.5) is 4.39 Å². The van der Waals surface area contributed by atoms with Gasteiger partial charge in [0, 0.05) is 17.1 Å². The van der Waals surface area contributed by atoms with Gasteiger partial charge >= 0.3 is 5.97 Å². The lowest BCUT2D eigenvalue weighted by Gasteiger charge is -2.09. The molecule has 0 atom stereocenters. The van der Waals surface area contributed by atoms with Crippen molar-refractivity contribution in [3.63, 3.8) is 0 Å². The quantitative estimate of drug-likeness (QED) is 0.666. The van der Waals surface area contributed by atoms with E-state index in [1.54, 1.807) is 30.3 Å². The van der Waals surface area contributed by atoms with Gasteiger partial charge < -0.3 is 9.67 Å². The summed E-state index contributed by atoms with van der Waals surface area (Å²) < 4.78 is 15.2. The van der Waals surface area contributed by atoms with E-state index in [1.807, 2.05) is 24.5 Å². The number of halogens is 1. The molecule has 0 amide bonds. The molecule has 0 aliphatic carbocycles. The smallest absolute Gasteiger partial charge is 0.335 e. The Balaban J connectivity index is 2.03. The Morgan fingerprint density at radius 3 is 2.22 bits per heavy atom. The van der Waals surface area contributed by atoms with Gasteiger partial charge in [0.25, 0.3) is 0 Å². The molecule has 4 nitrogen and oxygen atoms in total. The monoisotopic (exact) mass is 360 g/mol. The fourth-order valence-corrected chi connectivity index (χ4v) is 3.05. The highest BCUT2D eigenvalue weighted by atomic mass is 19.1. The fourth-order valence-electron chi connectivity index (χ4n) is 3.05. The summed E-state index contributed by atoms with van der Waals surface area (Å²) in [6, 6.07) is 16.6. The molecular weight excluding hydrogens is 343 g/mol. The number of carboxylic acids is 1. The minimum Gasteiger partial charge on any atom is -0.478 e. The lowest BCUT2D eigenvalue weighted by Crippen LogP contribution is -1.99. The van der Waals surface area contributed by atoms with E-state index in [2.05, 4.69) is 6.07 Å². The van der Waals surface area contributed by atoms with Crippen LogP contribution in [-0.4, -0.2) is 15.6 Å². The molecule has 0 radical (unpaired) electrons. The highest BCUT2D eigenvalue weighted by Crippen LogP contribution is 2.25. The molecule has 5 heteroatoms. The number of nitrogens with zero attached hydrogens (tertiary/aromatic N) is 2. The molecule has 3 aromatic rings. The molecule has 0 aliphatic heterocycles. The lowest BCUT2D eigenvalue weighted by molar-refractivity contribution is 0.0697. The zero-order valence-corrected chi connectivity index (χ0v) is 14.9. The standard InChI is InChI=1S/C22H17FN2O2/c1-14-11-18(15(2)25(14)21-9-7-20(23)8-10-21)12-19(13-24)16-3-5-17(6-4-16)22(26)27/h3-12H,1-2H3,(H,26,27)/b19-12-. The van der Waals surface area contributed by atoms with Crippen LogP contribution >= 0.6 is 0 Å². The van der Waals surface area contributed by atoms with Crippen molar-refractivity contribution in [3.8, 4) is 11.8 Å². The van der Waals surface area contributed by atoms with Crippen molar-refractivity contribution in [3.05, 3.63) is 88.5 Å². The minimum atomic E-state index is -1.01. The van der Waals surface area contributed by atoms with E-state index < -0.39 is 5.97 Å². The Kier molecular flexibility index (Phi) is 4.91. The molecule has 0 spiro atoms. The van der Waals surface area contributed by atoms with Crippen LogP contribution in [0.2, 0.25) is 0 Å². The van der Waals surface area contributed by atoms with E-state index >= 15 is 0 Å². The van der Waals surface area contributed by atoms with Crippen LogP contribution in [0, 0.1) is 31.0 Å². The first-order valence-corrected chi connectivity index (χ1v) is 8.31. The van der Waals surface area contributed by atoms with E-state index in [0.29, 0.717) is 11.1 Å². The van der Waals surface area contributed by atoms with Gasteiger partial charge in [-0.3, -0.25) is 0 Å². The van der Waals surface area contributed by atoms with E-state index in [1.165, 1.54) is 24.3 Å². The highest BCUT2D eigenvalue weighted by molar-refractivity contribution is 5.92. The number of allylic oxidation sites excluding steroid dienone is 1. The van der Waals surface area contributed by atoms with Crippen LogP contribution in [0.5, 0.6) is 0 Å². The van der Waals surface area contributed by atoms with Crippen LogP contribution in [-0.2, 0) is 0 Å². The molecule has 0 saturated carbocycles. The van der Waals surface area contributed by atoms with Crippen LogP contribution < -0.4 is 0 Å². The van der Waals surface area contributed by atoms with Gasteiger partial charge in [-0.1, -0.05) is 12.1 Å². The first kappa shape index (κ1) is 18.2. The SMILES string of the molecule is Cc1cc(/C=C(/C#N)c2ccc(C(=O)O)cc2)c(C)n1-c1ccc(F)cc1. The summed E-state index contributed by atoms with van der Waals surface area (Å²) in [7, 11) is 0. The molecule has 1 aromatic heterocycles. The van der Waals surface area contributed by atoms with Gasteiger partial charge in [0.2, 0.25) is 0 Å². The number of hydrogen-bond acceptors (Lipinski definition) is 2. The second-order valence-corrected chi connectivity index (χ2v) is 6.19. The van der Waals surface area contributed by atoms with E-state index in [9.17, 15) is 14.4 Å². The molecule has 0 saturated heterocycles. The molecule has 1 N–H and O–H groups in total. The van der Waals surface area contributed by atoms with Gasteiger partial charge in [-0.05, 0) is 73.5 Å². The summed E-state index contributed by atoms with van der Waals surface area (Å²) in [5.74, 6) is -1.30. The predicted molar refractivity (Wildman–Crippen MR) is 102 cm³/mol. The number of nitriles is 1. The third-order valence-corrected chi connectivity index (χ3v) is 4.42. The molecule has 3 rings (SSSR count). The predicted octanol–water partition coefficient (Wildman–Crippen LogP) is 5.00. The molecule has 0 bridgehead atoms. The van der Waals surface area contributed by atoms with Gasteiger partial charge in [-0.25, -0.2) is 9.18 Å². The van der Waals surface area contributed by atoms with Crippen molar-refractivity contribution in [1.29, 1.82) is 5.26 Å². The van der Waals surface area contributed by atoms with Crippen molar-refractivity contribution in [1.82, 2.24) is 4.57 Å². The number of benzene rings is 2. The van der Waals surface area contributed by atoms with Crippen LogP contribution in [0.1, 0.15) is 32.9 Å². The van der Waals surface area contributed by atoms with Crippen molar-refractivity contribution in [2.24, 2.45) is 0 Å². The Morgan fingerprint density at radius 1 is 1.07 bits per heavy atom. The largest absolute Gasteiger partial charge is 0.478 e. The number of aromatic carboxylic acids is 1. The van der Waals surface area contributed by atoms with Gasteiger partial charge in [-0.2, -0.15) is 5.26 Å². The fraction of sp³-hybridized carbons (Fsp3) is 0.0909. The Labute approximate surface area is 156 Å². The van der Waals surface area contributed by atoms with E-state index in [-0.39, 0.29) is 11.4 Å². The number of aromatic nitrogens is 1. The van der Waals surface area contributed by atoms with E-state index in [0.717, 1.165) is 22.6 Å². The average molecular weight is 360 g/mol. The maximum absolute atomic E-state index is 13.2. The van der Waals surface area contributed by atoms with E-state index in [4.69, 9.17) is 5.11 Å². The molecule has 0 unspecified atom stereocenters. The summed E-state index contributed by atoms with van der Waals surface area (Å²) in [5.41, 5.74) is 4.86. The number of rotatable bonds is 4. The second kappa shape index (κ2) is 7.30. The summed E-state index contributed by atoms with van der Waals surface area (Å²) in [5, 5.41) is 18.5. The first-order chi connectivity index (χ1) is 12.9. The highest BCUT2D eigenvalue weighted by Gasteiger charge is 2.11. The van der Waals surface area contributed by atoms with Gasteiger partial charge in [0.1, 0.15) is 5.82 Å². The summed E-state index contributed by atoms with van der Waals surface area (Å²) >= 11 is 0. The molecular formula is C22H17FN2O2. The Morgan fingerprint density at radius 2 is 1.67 bits per heavy atom. The maximum atomic E-state index is 13.2. The minimum absolute atomic E-state index is 0.172. The van der Waals surface area contributed by atoms with Crippen molar-refractivity contribution >= 4 is 17.6 Å². The second-order valence-electron chi connectivity index (χ2n) is 6.19. The summed E-state index contributed by atoms with van der Waals surface area (Å²) in [4.78, 5) is 11.0. The molecule has 27 heavy (non-hydrogen) atoms. The zero-order chi connectivity index (χ0) is 19.6. The van der Waals surface area contributed by atoms with Crippen LogP contribution in [0.25, 0.3) is 17.3 Å². The zero-order valence-electron chi connectivity index (χ0n) is 14.9. The number of carbonyl (C=O) groups is 1. The summed E-state index contributed by atoms with van der Waals surface area (Å²) in [6.45, 7) is 3.88. The molecule has 2 aromatic carbocycles. The molecule has 0 aliphatic rings. The first-order valence-electron chi connectivity index (χ1n) is 8.31. The third-order valence-electron chi connectivity index (χ3n) is 4.42. The molecule has 0 fully saturated rings. The van der Waals surface area contributed by atoms with Gasteiger partial charge in [0.05, 0.1) is 17.2 Å². The van der Waals surface area contributed by atoms with Gasteiger partial charge in [-0.15, -0.1) is 0 Å². The van der Waals surface area contributed by atoms with Crippen molar-refractivity contribution in [2.75, 3.05) is 0 Å². The summed E-state index contributed by atoms with van der Waals surface area (Å²) in [6.07, 6.45) is 1.78.